The molecule has 0 aromatic heterocycles. The fourth-order valence-corrected chi connectivity index (χ4v) is 4.16. The number of hydrogen-bond acceptors (Lipinski definition) is 6. The van der Waals surface area contributed by atoms with E-state index in [1.165, 1.54) is 30.3 Å². The fraction of sp³-hybridized carbons (Fsp3) is 0.111. The van der Waals surface area contributed by atoms with Crippen molar-refractivity contribution in [1.29, 1.82) is 0 Å². The highest BCUT2D eigenvalue weighted by Crippen LogP contribution is 2.29. The van der Waals surface area contributed by atoms with E-state index >= 15 is 0 Å². The number of ether oxygens (including phenoxy) is 2. The molecule has 10 heteroatoms. The zero-order chi connectivity index (χ0) is 26.5. The van der Waals surface area contributed by atoms with Crippen molar-refractivity contribution in [2.24, 2.45) is 0 Å². The average molecular weight is 628 g/mol. The molecule has 1 aliphatic heterocycles. The Labute approximate surface area is 229 Å². The highest BCUT2D eigenvalue weighted by Gasteiger charge is 2.37. The summed E-state index contributed by atoms with van der Waals surface area (Å²) in [5, 5.41) is 2.19. The number of carbonyl (C=O) groups is 4. The maximum Gasteiger partial charge on any atom is 0.338 e. The summed E-state index contributed by atoms with van der Waals surface area (Å²) in [7, 11) is 0. The predicted octanol–water partition coefficient (Wildman–Crippen LogP) is 5.63. The standard InChI is InChI=1S/C27H20Br2N2O6/c1-2-36-26(34)17-5-10-21(11-6-17)31-25(33)22(24(32)30-27(31)35)14-18-13-20(29)9-12-23(18)37-15-16-3-7-19(28)8-4-16/h3-14H,2,15H2,1H3,(H,30,32,35)/b22-14+. The quantitative estimate of drug-likeness (QED) is 0.207. The summed E-state index contributed by atoms with van der Waals surface area (Å²) in [4.78, 5) is 51.3. The third-order valence-electron chi connectivity index (χ3n) is 5.32. The number of barbiturate groups is 1. The van der Waals surface area contributed by atoms with Crippen molar-refractivity contribution in [3.63, 3.8) is 0 Å². The van der Waals surface area contributed by atoms with Crippen LogP contribution in [0.4, 0.5) is 10.5 Å². The molecule has 0 aliphatic carbocycles. The third kappa shape index (κ3) is 6.15. The number of amides is 4. The molecule has 188 valence electrons. The van der Waals surface area contributed by atoms with Crippen molar-refractivity contribution in [3.05, 3.63) is 97.9 Å². The van der Waals surface area contributed by atoms with Gasteiger partial charge in [-0.3, -0.25) is 14.9 Å². The van der Waals surface area contributed by atoms with Gasteiger partial charge >= 0.3 is 12.0 Å². The molecule has 4 rings (SSSR count). The van der Waals surface area contributed by atoms with Gasteiger partial charge in [0.25, 0.3) is 11.8 Å². The molecule has 4 amide bonds. The lowest BCUT2D eigenvalue weighted by Crippen LogP contribution is -2.54. The van der Waals surface area contributed by atoms with Gasteiger partial charge in [0.2, 0.25) is 0 Å². The van der Waals surface area contributed by atoms with E-state index in [1.54, 1.807) is 25.1 Å². The molecule has 1 saturated heterocycles. The van der Waals surface area contributed by atoms with Gasteiger partial charge in [0.05, 0.1) is 17.9 Å². The van der Waals surface area contributed by atoms with Crippen LogP contribution in [0.3, 0.4) is 0 Å². The lowest BCUT2D eigenvalue weighted by atomic mass is 10.1. The number of halogens is 2. The average Bonchev–Trinajstić information content (AvgIpc) is 2.87. The smallest absolute Gasteiger partial charge is 0.338 e. The van der Waals surface area contributed by atoms with E-state index in [2.05, 4.69) is 37.2 Å². The van der Waals surface area contributed by atoms with E-state index in [1.807, 2.05) is 24.3 Å². The first-order valence-electron chi connectivity index (χ1n) is 11.1. The minimum Gasteiger partial charge on any atom is -0.488 e. The number of carbonyl (C=O) groups excluding carboxylic acids is 4. The number of urea groups is 1. The van der Waals surface area contributed by atoms with E-state index in [0.29, 0.717) is 15.8 Å². The van der Waals surface area contributed by atoms with Gasteiger partial charge in [0.1, 0.15) is 17.9 Å². The molecule has 1 N–H and O–H groups in total. The first-order chi connectivity index (χ1) is 17.8. The molecule has 0 bridgehead atoms. The van der Waals surface area contributed by atoms with Crippen LogP contribution in [0, 0.1) is 0 Å². The summed E-state index contributed by atoms with van der Waals surface area (Å²) < 4.78 is 12.6. The number of hydrogen-bond donors (Lipinski definition) is 1. The Balaban J connectivity index is 1.62. The molecular formula is C27H20Br2N2O6. The predicted molar refractivity (Wildman–Crippen MR) is 144 cm³/mol. The van der Waals surface area contributed by atoms with Crippen molar-refractivity contribution < 1.29 is 28.7 Å². The number of anilines is 1. The van der Waals surface area contributed by atoms with E-state index in [4.69, 9.17) is 9.47 Å². The lowest BCUT2D eigenvalue weighted by molar-refractivity contribution is -0.122. The summed E-state index contributed by atoms with van der Waals surface area (Å²) in [5.74, 6) is -1.71. The van der Waals surface area contributed by atoms with Crippen LogP contribution in [0.5, 0.6) is 5.75 Å². The van der Waals surface area contributed by atoms with Gasteiger partial charge in [-0.15, -0.1) is 0 Å². The van der Waals surface area contributed by atoms with Crippen LogP contribution < -0.4 is 15.0 Å². The van der Waals surface area contributed by atoms with Crippen LogP contribution in [-0.4, -0.2) is 30.4 Å². The molecule has 3 aromatic carbocycles. The second-order valence-corrected chi connectivity index (χ2v) is 9.65. The normalized spacial score (nSPS) is 14.5. The van der Waals surface area contributed by atoms with Gasteiger partial charge in [-0.05, 0) is 73.2 Å². The topological polar surface area (TPSA) is 102 Å². The summed E-state index contributed by atoms with van der Waals surface area (Å²) in [6, 6.07) is 17.7. The van der Waals surface area contributed by atoms with E-state index in [-0.39, 0.29) is 30.0 Å². The maximum atomic E-state index is 13.3. The van der Waals surface area contributed by atoms with Crippen molar-refractivity contribution in [3.8, 4) is 5.75 Å². The summed E-state index contributed by atoms with van der Waals surface area (Å²) >= 11 is 6.80. The first kappa shape index (κ1) is 26.3. The number of imide groups is 2. The Bertz CT molecular complexity index is 1400. The van der Waals surface area contributed by atoms with E-state index in [0.717, 1.165) is 14.9 Å². The molecule has 0 saturated carbocycles. The largest absolute Gasteiger partial charge is 0.488 e. The maximum absolute atomic E-state index is 13.3. The van der Waals surface area contributed by atoms with Crippen molar-refractivity contribution in [1.82, 2.24) is 5.32 Å². The van der Waals surface area contributed by atoms with Crippen LogP contribution in [-0.2, 0) is 20.9 Å². The Morgan fingerprint density at radius 2 is 1.62 bits per heavy atom. The molecule has 8 nitrogen and oxygen atoms in total. The zero-order valence-corrected chi connectivity index (χ0v) is 22.7. The highest BCUT2D eigenvalue weighted by molar-refractivity contribution is 9.10. The molecule has 37 heavy (non-hydrogen) atoms. The number of rotatable bonds is 7. The molecule has 0 unspecified atom stereocenters. The number of esters is 1. The third-order valence-corrected chi connectivity index (χ3v) is 6.34. The Hall–Kier alpha value is -3.76. The van der Waals surface area contributed by atoms with Gasteiger partial charge in [0, 0.05) is 14.5 Å². The molecule has 3 aromatic rings. The van der Waals surface area contributed by atoms with Gasteiger partial charge in [-0.1, -0.05) is 44.0 Å². The minimum atomic E-state index is -0.892. The summed E-state index contributed by atoms with van der Waals surface area (Å²) in [6.07, 6.45) is 1.38. The SMILES string of the molecule is CCOC(=O)c1ccc(N2C(=O)NC(=O)/C(=C\c3cc(Br)ccc3OCc3ccc(Br)cc3)C2=O)cc1. The fourth-order valence-electron chi connectivity index (χ4n) is 3.51. The Morgan fingerprint density at radius 3 is 2.30 bits per heavy atom. The highest BCUT2D eigenvalue weighted by atomic mass is 79.9. The number of nitrogens with one attached hydrogen (secondary N) is 1. The molecule has 1 aliphatic rings. The number of benzene rings is 3. The van der Waals surface area contributed by atoms with E-state index in [9.17, 15) is 19.2 Å². The Morgan fingerprint density at radius 1 is 0.946 bits per heavy atom. The van der Waals surface area contributed by atoms with Crippen LogP contribution in [0.2, 0.25) is 0 Å². The number of nitrogens with zero attached hydrogens (tertiary/aromatic N) is 1. The first-order valence-corrected chi connectivity index (χ1v) is 12.7. The van der Waals surface area contributed by atoms with Crippen LogP contribution in [0.25, 0.3) is 6.08 Å². The van der Waals surface area contributed by atoms with Crippen molar-refractivity contribution in [2.45, 2.75) is 13.5 Å². The van der Waals surface area contributed by atoms with Crippen molar-refractivity contribution in [2.75, 3.05) is 11.5 Å². The van der Waals surface area contributed by atoms with Gasteiger partial charge in [-0.25, -0.2) is 14.5 Å². The van der Waals surface area contributed by atoms with Gasteiger partial charge in [-0.2, -0.15) is 0 Å². The molecule has 0 radical (unpaired) electrons. The lowest BCUT2D eigenvalue weighted by Gasteiger charge is -2.26. The van der Waals surface area contributed by atoms with Crippen LogP contribution in [0.1, 0.15) is 28.4 Å². The second kappa shape index (κ2) is 11.5. The molecule has 1 heterocycles. The Kier molecular flexibility index (Phi) is 8.20. The van der Waals surface area contributed by atoms with Gasteiger partial charge < -0.3 is 9.47 Å². The molecule has 0 spiro atoms. The molecule has 0 atom stereocenters. The van der Waals surface area contributed by atoms with Crippen molar-refractivity contribution >= 4 is 67.4 Å². The summed E-state index contributed by atoms with van der Waals surface area (Å²) in [5.41, 5.74) is 1.61. The van der Waals surface area contributed by atoms with Crippen LogP contribution in [0.15, 0.2) is 81.2 Å². The summed E-state index contributed by atoms with van der Waals surface area (Å²) in [6.45, 7) is 2.17. The molecular weight excluding hydrogens is 608 g/mol. The minimum absolute atomic E-state index is 0.190. The monoisotopic (exact) mass is 626 g/mol. The van der Waals surface area contributed by atoms with Crippen LogP contribution >= 0.6 is 31.9 Å². The second-order valence-electron chi connectivity index (χ2n) is 7.82. The molecule has 1 fully saturated rings. The zero-order valence-electron chi connectivity index (χ0n) is 19.5. The van der Waals surface area contributed by atoms with E-state index < -0.39 is 23.8 Å². The van der Waals surface area contributed by atoms with Gasteiger partial charge in [0.15, 0.2) is 0 Å².